The Balaban J connectivity index is 0.00000128. The van der Waals surface area contributed by atoms with Crippen molar-refractivity contribution in [1.29, 1.82) is 0 Å². The van der Waals surface area contributed by atoms with Crippen LogP contribution in [0.25, 0.3) is 0 Å². The molecule has 0 amide bonds. The molecule has 16 heavy (non-hydrogen) atoms. The number of hydrogen-bond acceptors (Lipinski definition) is 2. The maximum Gasteiger partial charge on any atom is 0.243 e. The first-order valence-corrected chi connectivity index (χ1v) is 6.28. The number of halogens is 3. The van der Waals surface area contributed by atoms with E-state index < -0.39 is 12.3 Å². The van der Waals surface area contributed by atoms with Crippen molar-refractivity contribution in [2.24, 2.45) is 16.6 Å². The van der Waals surface area contributed by atoms with Crippen molar-refractivity contribution in [3.63, 3.8) is 0 Å². The highest BCUT2D eigenvalue weighted by Crippen LogP contribution is 2.39. The Kier molecular flexibility index (Phi) is 5.55. The van der Waals surface area contributed by atoms with Gasteiger partial charge in [0.15, 0.2) is 5.96 Å². The standard InChI is InChI=1S/C9H15F2N3S.HI/c10-8(11)6-5-7(6)13-9(12)14-1-3-15-4-2-14;/h6-8H,1-5H2,(H2,12,13);1H/t6-,7-;/m0./s1. The number of thioether (sulfide) groups is 1. The second-order valence-electron chi connectivity index (χ2n) is 3.89. The highest BCUT2D eigenvalue weighted by Gasteiger charge is 2.44. The van der Waals surface area contributed by atoms with Gasteiger partial charge in [-0.05, 0) is 6.42 Å². The summed E-state index contributed by atoms with van der Waals surface area (Å²) >= 11 is 1.88. The lowest BCUT2D eigenvalue weighted by Crippen LogP contribution is -2.42. The molecule has 0 aromatic heterocycles. The molecule has 1 saturated heterocycles. The van der Waals surface area contributed by atoms with Crippen LogP contribution in [0.1, 0.15) is 6.42 Å². The molecule has 1 heterocycles. The quantitative estimate of drug-likeness (QED) is 0.461. The predicted molar refractivity (Wildman–Crippen MR) is 73.8 cm³/mol. The van der Waals surface area contributed by atoms with Gasteiger partial charge in [-0.2, -0.15) is 11.8 Å². The van der Waals surface area contributed by atoms with E-state index in [9.17, 15) is 8.78 Å². The first-order valence-electron chi connectivity index (χ1n) is 5.12. The third-order valence-electron chi connectivity index (χ3n) is 2.76. The molecule has 1 aliphatic carbocycles. The predicted octanol–water partition coefficient (Wildman–Crippen LogP) is 1.62. The van der Waals surface area contributed by atoms with Crippen molar-refractivity contribution in [3.05, 3.63) is 0 Å². The van der Waals surface area contributed by atoms with Crippen molar-refractivity contribution in [3.8, 4) is 0 Å². The summed E-state index contributed by atoms with van der Waals surface area (Å²) in [5.74, 6) is 1.98. The number of hydrogen-bond donors (Lipinski definition) is 1. The fraction of sp³-hybridized carbons (Fsp3) is 0.889. The molecule has 2 atom stereocenters. The Bertz CT molecular complexity index is 259. The summed E-state index contributed by atoms with van der Waals surface area (Å²) in [6.45, 7) is 1.76. The number of guanidine groups is 1. The van der Waals surface area contributed by atoms with Crippen LogP contribution < -0.4 is 5.73 Å². The van der Waals surface area contributed by atoms with Crippen LogP contribution in [-0.4, -0.2) is 47.9 Å². The fourth-order valence-electron chi connectivity index (χ4n) is 1.66. The van der Waals surface area contributed by atoms with Gasteiger partial charge in [-0.3, -0.25) is 0 Å². The molecule has 1 saturated carbocycles. The molecule has 2 aliphatic rings. The van der Waals surface area contributed by atoms with Gasteiger partial charge in [0.25, 0.3) is 0 Å². The van der Waals surface area contributed by atoms with Gasteiger partial charge in [-0.15, -0.1) is 24.0 Å². The van der Waals surface area contributed by atoms with Crippen molar-refractivity contribution >= 4 is 41.7 Å². The number of rotatable bonds is 2. The molecular weight excluding hydrogens is 347 g/mol. The van der Waals surface area contributed by atoms with E-state index >= 15 is 0 Å². The number of aliphatic imine (C=N–C) groups is 1. The normalized spacial score (nSPS) is 30.2. The SMILES string of the molecule is I.NC(=N[C@H]1C[C@@H]1C(F)F)N1CCSCC1. The third-order valence-corrected chi connectivity index (χ3v) is 3.70. The molecule has 94 valence electrons. The van der Waals surface area contributed by atoms with Crippen LogP contribution in [-0.2, 0) is 0 Å². The van der Waals surface area contributed by atoms with Crippen LogP contribution in [0.4, 0.5) is 8.78 Å². The van der Waals surface area contributed by atoms with E-state index in [0.717, 1.165) is 24.6 Å². The smallest absolute Gasteiger partial charge is 0.243 e. The number of nitrogens with zero attached hydrogens (tertiary/aromatic N) is 2. The van der Waals surface area contributed by atoms with Crippen LogP contribution in [0.15, 0.2) is 4.99 Å². The van der Waals surface area contributed by atoms with Crippen LogP contribution in [0.2, 0.25) is 0 Å². The maximum atomic E-state index is 12.2. The average Bonchev–Trinajstić information content (AvgIpc) is 2.98. The van der Waals surface area contributed by atoms with Gasteiger partial charge in [0, 0.05) is 30.5 Å². The summed E-state index contributed by atoms with van der Waals surface area (Å²) in [5.41, 5.74) is 5.77. The minimum Gasteiger partial charge on any atom is -0.370 e. The third kappa shape index (κ3) is 3.61. The Hall–Kier alpha value is 0.210. The zero-order valence-electron chi connectivity index (χ0n) is 8.81. The van der Waals surface area contributed by atoms with Gasteiger partial charge in [-0.1, -0.05) is 0 Å². The molecular formula is C9H16F2IN3S. The first kappa shape index (κ1) is 14.3. The molecule has 0 unspecified atom stereocenters. The summed E-state index contributed by atoms with van der Waals surface area (Å²) in [6, 6.07) is -0.237. The van der Waals surface area contributed by atoms with E-state index in [4.69, 9.17) is 5.73 Å². The highest BCUT2D eigenvalue weighted by molar-refractivity contribution is 14.0. The largest absolute Gasteiger partial charge is 0.370 e. The summed E-state index contributed by atoms with van der Waals surface area (Å²) in [6.07, 6.45) is -1.76. The maximum absolute atomic E-state index is 12.2. The Morgan fingerprint density at radius 3 is 2.50 bits per heavy atom. The second kappa shape index (κ2) is 6.23. The van der Waals surface area contributed by atoms with Crippen LogP contribution >= 0.6 is 35.7 Å². The fourth-order valence-corrected chi connectivity index (χ4v) is 2.57. The lowest BCUT2D eigenvalue weighted by molar-refractivity contribution is 0.121. The van der Waals surface area contributed by atoms with Crippen molar-refractivity contribution in [2.75, 3.05) is 24.6 Å². The highest BCUT2D eigenvalue weighted by atomic mass is 127. The molecule has 0 radical (unpaired) electrons. The zero-order valence-corrected chi connectivity index (χ0v) is 12.0. The minimum absolute atomic E-state index is 0. The Labute approximate surface area is 115 Å². The molecule has 2 rings (SSSR count). The Morgan fingerprint density at radius 2 is 2.00 bits per heavy atom. The molecule has 0 bridgehead atoms. The van der Waals surface area contributed by atoms with E-state index in [2.05, 4.69) is 4.99 Å². The first-order chi connectivity index (χ1) is 7.18. The molecule has 7 heteroatoms. The number of alkyl halides is 2. The van der Waals surface area contributed by atoms with Crippen LogP contribution in [0, 0.1) is 5.92 Å². The van der Waals surface area contributed by atoms with Gasteiger partial charge in [0.1, 0.15) is 0 Å². The van der Waals surface area contributed by atoms with Crippen molar-refractivity contribution in [2.45, 2.75) is 18.9 Å². The Morgan fingerprint density at radius 1 is 1.38 bits per heavy atom. The van der Waals surface area contributed by atoms with E-state index in [1.807, 2.05) is 16.7 Å². The zero-order chi connectivity index (χ0) is 10.8. The van der Waals surface area contributed by atoms with Crippen molar-refractivity contribution in [1.82, 2.24) is 4.90 Å². The lowest BCUT2D eigenvalue weighted by atomic mass is 10.4. The lowest BCUT2D eigenvalue weighted by Gasteiger charge is -2.27. The van der Waals surface area contributed by atoms with Crippen LogP contribution in [0.3, 0.4) is 0 Å². The van der Waals surface area contributed by atoms with E-state index in [-0.39, 0.29) is 30.0 Å². The molecule has 3 nitrogen and oxygen atoms in total. The summed E-state index contributed by atoms with van der Waals surface area (Å²) < 4.78 is 24.5. The van der Waals surface area contributed by atoms with Crippen molar-refractivity contribution < 1.29 is 8.78 Å². The molecule has 0 aromatic carbocycles. The van der Waals surface area contributed by atoms with E-state index in [0.29, 0.717) is 12.4 Å². The second-order valence-corrected chi connectivity index (χ2v) is 5.11. The molecule has 2 fully saturated rings. The van der Waals surface area contributed by atoms with Crippen LogP contribution in [0.5, 0.6) is 0 Å². The summed E-state index contributed by atoms with van der Waals surface area (Å²) in [4.78, 5) is 6.13. The average molecular weight is 363 g/mol. The summed E-state index contributed by atoms with van der Waals surface area (Å²) in [5, 5.41) is 0. The van der Waals surface area contributed by atoms with Gasteiger partial charge >= 0.3 is 0 Å². The van der Waals surface area contributed by atoms with E-state index in [1.165, 1.54) is 0 Å². The minimum atomic E-state index is -2.25. The summed E-state index contributed by atoms with van der Waals surface area (Å²) in [7, 11) is 0. The topological polar surface area (TPSA) is 41.6 Å². The monoisotopic (exact) mass is 363 g/mol. The molecule has 1 aliphatic heterocycles. The van der Waals surface area contributed by atoms with Gasteiger partial charge < -0.3 is 10.6 Å². The van der Waals surface area contributed by atoms with Gasteiger partial charge in [0.05, 0.1) is 6.04 Å². The molecule has 0 spiro atoms. The number of nitrogens with two attached hydrogens (primary N) is 1. The van der Waals surface area contributed by atoms with Gasteiger partial charge in [-0.25, -0.2) is 13.8 Å². The van der Waals surface area contributed by atoms with Gasteiger partial charge in [0.2, 0.25) is 6.43 Å². The van der Waals surface area contributed by atoms with E-state index in [1.54, 1.807) is 0 Å². The molecule has 0 aromatic rings. The molecule has 2 N–H and O–H groups in total.